The van der Waals surface area contributed by atoms with Crippen molar-refractivity contribution in [2.45, 2.75) is 13.5 Å². The molecule has 0 aliphatic heterocycles. The number of hydrogen-bond donors (Lipinski definition) is 0. The van der Waals surface area contributed by atoms with Crippen LogP contribution in [-0.4, -0.2) is 0 Å². The lowest BCUT2D eigenvalue weighted by Crippen LogP contribution is -1.94. The molecule has 0 fully saturated rings. The van der Waals surface area contributed by atoms with Gasteiger partial charge < -0.3 is 9.15 Å². The number of rotatable bonds is 3. The van der Waals surface area contributed by atoms with Gasteiger partial charge in [0.05, 0.1) is 0 Å². The molecule has 0 radical (unpaired) electrons. The highest BCUT2D eigenvalue weighted by molar-refractivity contribution is 5.30. The van der Waals surface area contributed by atoms with E-state index in [2.05, 4.69) is 5.92 Å². The van der Waals surface area contributed by atoms with Gasteiger partial charge in [0.2, 0.25) is 0 Å². The topological polar surface area (TPSA) is 22.4 Å². The van der Waals surface area contributed by atoms with Gasteiger partial charge in [-0.15, -0.1) is 6.42 Å². The van der Waals surface area contributed by atoms with Crippen molar-refractivity contribution in [2.24, 2.45) is 0 Å². The summed E-state index contributed by atoms with van der Waals surface area (Å²) in [5.74, 6) is 4.60. The van der Waals surface area contributed by atoms with Crippen LogP contribution in [-0.2, 0) is 6.61 Å². The minimum atomic E-state index is 0.400. The summed E-state index contributed by atoms with van der Waals surface area (Å²) in [5, 5.41) is 0. The SMILES string of the molecule is C#Cc1cc(C)c(COc2ccccc2)o1. The molecule has 80 valence electrons. The van der Waals surface area contributed by atoms with E-state index in [0.717, 1.165) is 17.1 Å². The van der Waals surface area contributed by atoms with Gasteiger partial charge in [-0.1, -0.05) is 18.2 Å². The Bertz CT molecular complexity index is 503. The smallest absolute Gasteiger partial charge is 0.177 e. The Morgan fingerprint density at radius 2 is 2.06 bits per heavy atom. The highest BCUT2D eigenvalue weighted by Crippen LogP contribution is 2.17. The summed E-state index contributed by atoms with van der Waals surface area (Å²) in [7, 11) is 0. The second kappa shape index (κ2) is 4.59. The Morgan fingerprint density at radius 3 is 2.69 bits per heavy atom. The molecule has 2 aromatic rings. The van der Waals surface area contributed by atoms with Crippen LogP contribution in [0.1, 0.15) is 17.1 Å². The van der Waals surface area contributed by atoms with Gasteiger partial charge in [-0.05, 0) is 36.6 Å². The fourth-order valence-corrected chi connectivity index (χ4v) is 1.40. The van der Waals surface area contributed by atoms with Gasteiger partial charge in [-0.3, -0.25) is 0 Å². The quantitative estimate of drug-likeness (QED) is 0.729. The Hall–Kier alpha value is -2.14. The predicted octanol–water partition coefficient (Wildman–Crippen LogP) is 3.15. The van der Waals surface area contributed by atoms with E-state index in [1.807, 2.05) is 43.3 Å². The van der Waals surface area contributed by atoms with Gasteiger partial charge in [0.1, 0.15) is 18.1 Å². The fourth-order valence-electron chi connectivity index (χ4n) is 1.40. The lowest BCUT2D eigenvalue weighted by atomic mass is 10.3. The molecule has 0 unspecified atom stereocenters. The molecule has 0 spiro atoms. The Balaban J connectivity index is 2.05. The summed E-state index contributed by atoms with van der Waals surface area (Å²) in [6.45, 7) is 2.35. The Kier molecular flexibility index (Phi) is 2.98. The van der Waals surface area contributed by atoms with Crippen LogP contribution in [0.15, 0.2) is 40.8 Å². The molecule has 0 amide bonds. The van der Waals surface area contributed by atoms with E-state index >= 15 is 0 Å². The molecule has 0 N–H and O–H groups in total. The summed E-state index contributed by atoms with van der Waals surface area (Å²) in [5.41, 5.74) is 1.02. The van der Waals surface area contributed by atoms with E-state index < -0.39 is 0 Å². The first-order valence-corrected chi connectivity index (χ1v) is 5.03. The summed E-state index contributed by atoms with van der Waals surface area (Å²) in [6.07, 6.45) is 5.25. The number of ether oxygens (including phenoxy) is 1. The summed E-state index contributed by atoms with van der Waals surface area (Å²) < 4.78 is 11.0. The largest absolute Gasteiger partial charge is 0.486 e. The number of furan rings is 1. The second-order valence-electron chi connectivity index (χ2n) is 3.46. The third kappa shape index (κ3) is 2.26. The number of terminal acetylenes is 1. The molecule has 0 saturated carbocycles. The van der Waals surface area contributed by atoms with Gasteiger partial charge in [-0.25, -0.2) is 0 Å². The number of aryl methyl sites for hydroxylation is 1. The first-order valence-electron chi connectivity index (χ1n) is 5.03. The molecule has 16 heavy (non-hydrogen) atoms. The van der Waals surface area contributed by atoms with Crippen molar-refractivity contribution in [1.82, 2.24) is 0 Å². The normalized spacial score (nSPS) is 9.75. The lowest BCUT2D eigenvalue weighted by Gasteiger charge is -2.03. The zero-order valence-electron chi connectivity index (χ0n) is 9.07. The van der Waals surface area contributed by atoms with E-state index in [0.29, 0.717) is 12.4 Å². The van der Waals surface area contributed by atoms with Gasteiger partial charge in [0.25, 0.3) is 0 Å². The van der Waals surface area contributed by atoms with Crippen LogP contribution in [0.4, 0.5) is 0 Å². The Morgan fingerprint density at radius 1 is 1.31 bits per heavy atom. The summed E-state index contributed by atoms with van der Waals surface area (Å²) in [6, 6.07) is 11.4. The number of hydrogen-bond acceptors (Lipinski definition) is 2. The molecule has 0 aliphatic carbocycles. The number of para-hydroxylation sites is 1. The third-order valence-corrected chi connectivity index (χ3v) is 2.28. The standard InChI is InChI=1S/C14H12O2/c1-3-12-9-11(2)14(16-12)10-15-13-7-5-4-6-8-13/h1,4-9H,10H2,2H3. The zero-order chi connectivity index (χ0) is 11.4. The molecule has 0 atom stereocenters. The maximum atomic E-state index is 5.57. The van der Waals surface area contributed by atoms with Crippen molar-refractivity contribution >= 4 is 0 Å². The summed E-state index contributed by atoms with van der Waals surface area (Å²) in [4.78, 5) is 0. The van der Waals surface area contributed by atoms with Crippen molar-refractivity contribution in [1.29, 1.82) is 0 Å². The van der Waals surface area contributed by atoms with E-state index in [1.54, 1.807) is 0 Å². The zero-order valence-corrected chi connectivity index (χ0v) is 9.07. The van der Waals surface area contributed by atoms with Gasteiger partial charge in [0, 0.05) is 0 Å². The highest BCUT2D eigenvalue weighted by Gasteiger charge is 2.06. The van der Waals surface area contributed by atoms with Crippen molar-refractivity contribution in [3.63, 3.8) is 0 Å². The van der Waals surface area contributed by atoms with Crippen LogP contribution >= 0.6 is 0 Å². The predicted molar refractivity (Wildman–Crippen MR) is 62.2 cm³/mol. The molecule has 0 aliphatic rings. The summed E-state index contributed by atoms with van der Waals surface area (Å²) >= 11 is 0. The molecule has 1 aromatic heterocycles. The third-order valence-electron chi connectivity index (χ3n) is 2.28. The van der Waals surface area contributed by atoms with Crippen LogP contribution < -0.4 is 4.74 Å². The maximum absolute atomic E-state index is 5.57. The van der Waals surface area contributed by atoms with E-state index in [-0.39, 0.29) is 0 Å². The van der Waals surface area contributed by atoms with Crippen LogP contribution in [0.2, 0.25) is 0 Å². The monoisotopic (exact) mass is 212 g/mol. The first-order chi connectivity index (χ1) is 7.79. The molecule has 2 nitrogen and oxygen atoms in total. The highest BCUT2D eigenvalue weighted by atomic mass is 16.5. The minimum Gasteiger partial charge on any atom is -0.486 e. The maximum Gasteiger partial charge on any atom is 0.177 e. The van der Waals surface area contributed by atoms with Crippen molar-refractivity contribution in [2.75, 3.05) is 0 Å². The molecule has 1 heterocycles. The fraction of sp³-hybridized carbons (Fsp3) is 0.143. The van der Waals surface area contributed by atoms with Crippen LogP contribution in [0, 0.1) is 19.3 Å². The molecule has 2 heteroatoms. The van der Waals surface area contributed by atoms with E-state index in [9.17, 15) is 0 Å². The van der Waals surface area contributed by atoms with Crippen LogP contribution in [0.5, 0.6) is 5.75 Å². The molecule has 0 bridgehead atoms. The van der Waals surface area contributed by atoms with Crippen LogP contribution in [0.25, 0.3) is 0 Å². The number of benzene rings is 1. The molecule has 1 aromatic carbocycles. The molecule has 2 rings (SSSR count). The van der Waals surface area contributed by atoms with Crippen molar-refractivity contribution < 1.29 is 9.15 Å². The average Bonchev–Trinajstić information content (AvgIpc) is 2.69. The minimum absolute atomic E-state index is 0.400. The first kappa shape index (κ1) is 10.4. The van der Waals surface area contributed by atoms with Gasteiger partial charge in [0.15, 0.2) is 5.76 Å². The van der Waals surface area contributed by atoms with Crippen molar-refractivity contribution in [3.05, 3.63) is 53.5 Å². The van der Waals surface area contributed by atoms with E-state index in [4.69, 9.17) is 15.6 Å². The molecular weight excluding hydrogens is 200 g/mol. The van der Waals surface area contributed by atoms with Crippen molar-refractivity contribution in [3.8, 4) is 18.1 Å². The molecular formula is C14H12O2. The average molecular weight is 212 g/mol. The molecule has 0 saturated heterocycles. The van der Waals surface area contributed by atoms with Gasteiger partial charge in [-0.2, -0.15) is 0 Å². The lowest BCUT2D eigenvalue weighted by molar-refractivity contribution is 0.268. The van der Waals surface area contributed by atoms with E-state index in [1.165, 1.54) is 0 Å². The Labute approximate surface area is 94.9 Å². The van der Waals surface area contributed by atoms with Gasteiger partial charge >= 0.3 is 0 Å². The second-order valence-corrected chi connectivity index (χ2v) is 3.46. The van der Waals surface area contributed by atoms with Crippen LogP contribution in [0.3, 0.4) is 0 Å².